The second-order valence-corrected chi connectivity index (χ2v) is 4.27. The molecule has 1 heterocycles. The summed E-state index contributed by atoms with van der Waals surface area (Å²) < 4.78 is 0. The van der Waals surface area contributed by atoms with E-state index in [9.17, 15) is 4.79 Å². The number of amides is 2. The van der Waals surface area contributed by atoms with Gasteiger partial charge in [-0.2, -0.15) is 0 Å². The number of anilines is 1. The molecule has 0 aliphatic carbocycles. The summed E-state index contributed by atoms with van der Waals surface area (Å²) in [5, 5.41) is 2.83. The largest absolute Gasteiger partial charge is 0.336 e. The Labute approximate surface area is 111 Å². The third-order valence-corrected chi connectivity index (χ3v) is 3.14. The fraction of sp³-hybridized carbons (Fsp3) is 0.133. The minimum atomic E-state index is -0.0154. The van der Waals surface area contributed by atoms with Crippen molar-refractivity contribution in [2.45, 2.75) is 0 Å². The predicted molar refractivity (Wildman–Crippen MR) is 75.1 cm³/mol. The summed E-state index contributed by atoms with van der Waals surface area (Å²) in [6.45, 7) is 1.44. The average Bonchev–Trinajstić information content (AvgIpc) is 2.86. The molecular formula is C15H15FN2O. The summed E-state index contributed by atoms with van der Waals surface area (Å²) in [7, 11) is 0. The normalized spacial score (nSPS) is 13.9. The van der Waals surface area contributed by atoms with Crippen LogP contribution in [-0.4, -0.2) is 19.1 Å². The standard InChI is InChI=1S/C15H14N2O.FH/c18-15-16-10-11-17(15)14-9-5-4-8-13(14)12-6-2-1-3-7-12;/h1-9H,10-11H2,(H,16,18);1H. The lowest BCUT2D eigenvalue weighted by Crippen LogP contribution is -2.28. The van der Waals surface area contributed by atoms with Gasteiger partial charge in [0.15, 0.2) is 0 Å². The molecule has 4 heteroatoms. The molecule has 0 bridgehead atoms. The zero-order valence-electron chi connectivity index (χ0n) is 10.4. The lowest BCUT2D eigenvalue weighted by molar-refractivity contribution is 0.252. The van der Waals surface area contributed by atoms with Crippen LogP contribution in [0.25, 0.3) is 11.1 Å². The number of para-hydroxylation sites is 1. The number of nitrogens with zero attached hydrogens (tertiary/aromatic N) is 1. The molecule has 0 atom stereocenters. The zero-order valence-corrected chi connectivity index (χ0v) is 10.4. The number of halogens is 1. The number of carbonyl (C=O) groups excluding carboxylic acids is 1. The molecule has 1 N–H and O–H groups in total. The van der Waals surface area contributed by atoms with Gasteiger partial charge in [-0.1, -0.05) is 48.5 Å². The Bertz CT molecular complexity index is 571. The van der Waals surface area contributed by atoms with Crippen LogP contribution in [0, 0.1) is 0 Å². The van der Waals surface area contributed by atoms with Crippen LogP contribution in [0.3, 0.4) is 0 Å². The van der Waals surface area contributed by atoms with Gasteiger partial charge in [0.25, 0.3) is 0 Å². The molecule has 1 saturated heterocycles. The minimum Gasteiger partial charge on any atom is -0.336 e. The van der Waals surface area contributed by atoms with Gasteiger partial charge in [-0.25, -0.2) is 4.79 Å². The number of hydrogen-bond acceptors (Lipinski definition) is 1. The van der Waals surface area contributed by atoms with Crippen molar-refractivity contribution in [2.75, 3.05) is 18.0 Å². The molecule has 0 saturated carbocycles. The number of carbonyl (C=O) groups is 1. The van der Waals surface area contributed by atoms with E-state index in [1.54, 1.807) is 4.90 Å². The Morgan fingerprint density at radius 3 is 2.32 bits per heavy atom. The van der Waals surface area contributed by atoms with Gasteiger partial charge in [-0.3, -0.25) is 9.60 Å². The number of benzene rings is 2. The van der Waals surface area contributed by atoms with Gasteiger partial charge in [0.05, 0.1) is 5.69 Å². The van der Waals surface area contributed by atoms with Crippen LogP contribution < -0.4 is 10.2 Å². The third-order valence-electron chi connectivity index (χ3n) is 3.14. The molecule has 19 heavy (non-hydrogen) atoms. The molecule has 3 rings (SSSR count). The van der Waals surface area contributed by atoms with Gasteiger partial charge < -0.3 is 5.32 Å². The lowest BCUT2D eigenvalue weighted by atomic mass is 10.0. The highest BCUT2D eigenvalue weighted by molar-refractivity contribution is 5.98. The Morgan fingerprint density at radius 2 is 1.63 bits per heavy atom. The minimum absolute atomic E-state index is 0. The van der Waals surface area contributed by atoms with Gasteiger partial charge >= 0.3 is 6.03 Å². The summed E-state index contributed by atoms with van der Waals surface area (Å²) in [6.07, 6.45) is 0. The maximum Gasteiger partial charge on any atom is 0.322 e. The van der Waals surface area contributed by atoms with E-state index < -0.39 is 0 Å². The van der Waals surface area contributed by atoms with Crippen molar-refractivity contribution in [3.05, 3.63) is 54.6 Å². The van der Waals surface area contributed by atoms with Gasteiger partial charge in [0.1, 0.15) is 0 Å². The first kappa shape index (κ1) is 13.1. The maximum absolute atomic E-state index is 11.8. The van der Waals surface area contributed by atoms with Crippen molar-refractivity contribution in [2.24, 2.45) is 0 Å². The molecule has 98 valence electrons. The lowest BCUT2D eigenvalue weighted by Gasteiger charge is -2.18. The van der Waals surface area contributed by atoms with Gasteiger partial charge in [-0.15, -0.1) is 0 Å². The van der Waals surface area contributed by atoms with Gasteiger partial charge in [-0.05, 0) is 11.6 Å². The molecule has 3 nitrogen and oxygen atoms in total. The molecule has 0 radical (unpaired) electrons. The molecule has 1 aliphatic heterocycles. The fourth-order valence-corrected chi connectivity index (χ4v) is 2.27. The van der Waals surface area contributed by atoms with E-state index in [2.05, 4.69) is 23.5 Å². The summed E-state index contributed by atoms with van der Waals surface area (Å²) in [6, 6.07) is 18.1. The smallest absolute Gasteiger partial charge is 0.322 e. The van der Waals surface area contributed by atoms with E-state index in [1.807, 2.05) is 36.4 Å². The van der Waals surface area contributed by atoms with Crippen LogP contribution >= 0.6 is 0 Å². The number of rotatable bonds is 2. The monoisotopic (exact) mass is 258 g/mol. The van der Waals surface area contributed by atoms with E-state index in [1.165, 1.54) is 0 Å². The molecule has 2 aromatic rings. The van der Waals surface area contributed by atoms with Crippen LogP contribution in [0.2, 0.25) is 0 Å². The fourth-order valence-electron chi connectivity index (χ4n) is 2.27. The zero-order chi connectivity index (χ0) is 12.4. The predicted octanol–water partition coefficient (Wildman–Crippen LogP) is 3.04. The topological polar surface area (TPSA) is 32.3 Å². The van der Waals surface area contributed by atoms with Crippen LogP contribution in [-0.2, 0) is 0 Å². The van der Waals surface area contributed by atoms with Crippen molar-refractivity contribution in [3.8, 4) is 11.1 Å². The molecule has 1 aliphatic rings. The SMILES string of the molecule is F.O=C1NCCN1c1ccccc1-c1ccccc1. The quantitative estimate of drug-likeness (QED) is 0.882. The van der Waals surface area contributed by atoms with Crippen LogP contribution in [0.1, 0.15) is 0 Å². The highest BCUT2D eigenvalue weighted by Crippen LogP contribution is 2.31. The summed E-state index contributed by atoms with van der Waals surface area (Å²) in [5.74, 6) is 0. The highest BCUT2D eigenvalue weighted by atomic mass is 19.0. The van der Waals surface area contributed by atoms with Crippen molar-refractivity contribution in [1.82, 2.24) is 5.32 Å². The van der Waals surface area contributed by atoms with Crippen molar-refractivity contribution in [1.29, 1.82) is 0 Å². The van der Waals surface area contributed by atoms with Crippen molar-refractivity contribution >= 4 is 11.7 Å². The van der Waals surface area contributed by atoms with Gasteiger partial charge in [0.2, 0.25) is 0 Å². The third kappa shape index (κ3) is 2.42. The van der Waals surface area contributed by atoms with Crippen molar-refractivity contribution in [3.63, 3.8) is 0 Å². The summed E-state index contributed by atoms with van der Waals surface area (Å²) in [5.41, 5.74) is 3.20. The maximum atomic E-state index is 11.8. The van der Waals surface area contributed by atoms with Crippen LogP contribution in [0.15, 0.2) is 54.6 Å². The first-order valence-electron chi connectivity index (χ1n) is 6.06. The van der Waals surface area contributed by atoms with E-state index in [4.69, 9.17) is 0 Å². The number of hydrogen-bond donors (Lipinski definition) is 1. The second kappa shape index (κ2) is 5.52. The first-order chi connectivity index (χ1) is 8.86. The first-order valence-corrected chi connectivity index (χ1v) is 6.06. The van der Waals surface area contributed by atoms with Gasteiger partial charge in [0, 0.05) is 18.7 Å². The summed E-state index contributed by atoms with van der Waals surface area (Å²) in [4.78, 5) is 13.6. The van der Waals surface area contributed by atoms with E-state index in [0.29, 0.717) is 6.54 Å². The Hall–Kier alpha value is -2.36. The molecule has 1 fully saturated rings. The molecule has 0 unspecified atom stereocenters. The Balaban J connectivity index is 0.00000133. The second-order valence-electron chi connectivity index (χ2n) is 4.27. The highest BCUT2D eigenvalue weighted by Gasteiger charge is 2.23. The van der Waals surface area contributed by atoms with E-state index in [-0.39, 0.29) is 10.7 Å². The average molecular weight is 258 g/mol. The molecule has 2 aromatic carbocycles. The van der Waals surface area contributed by atoms with Crippen LogP contribution in [0.4, 0.5) is 15.2 Å². The molecule has 0 spiro atoms. The van der Waals surface area contributed by atoms with E-state index in [0.717, 1.165) is 23.4 Å². The Morgan fingerprint density at radius 1 is 0.947 bits per heavy atom. The molecule has 0 aromatic heterocycles. The number of nitrogens with one attached hydrogen (secondary N) is 1. The summed E-state index contributed by atoms with van der Waals surface area (Å²) >= 11 is 0. The van der Waals surface area contributed by atoms with E-state index >= 15 is 0 Å². The van der Waals surface area contributed by atoms with Crippen LogP contribution in [0.5, 0.6) is 0 Å². The molecule has 2 amide bonds. The van der Waals surface area contributed by atoms with Crippen molar-refractivity contribution < 1.29 is 9.50 Å². The number of urea groups is 1. The Kier molecular flexibility index (Phi) is 3.80. The molecular weight excluding hydrogens is 243 g/mol.